The first-order chi connectivity index (χ1) is 9.81. The van der Waals surface area contributed by atoms with Crippen molar-refractivity contribution in [2.24, 2.45) is 5.92 Å². The number of fused-ring (bicyclic) bond motifs is 1. The molecule has 0 spiro atoms. The van der Waals surface area contributed by atoms with E-state index in [-0.39, 0.29) is 0 Å². The van der Waals surface area contributed by atoms with Gasteiger partial charge in [0.15, 0.2) is 0 Å². The van der Waals surface area contributed by atoms with Crippen molar-refractivity contribution in [2.45, 2.75) is 45.1 Å². The largest absolute Gasteiger partial charge is 0.473 e. The Morgan fingerprint density at radius 2 is 2.20 bits per heavy atom. The Balaban J connectivity index is 1.90. The first kappa shape index (κ1) is 13.6. The zero-order valence-corrected chi connectivity index (χ0v) is 12.9. The third-order valence-electron chi connectivity index (χ3n) is 4.14. The van der Waals surface area contributed by atoms with Crippen LogP contribution in [0.5, 0.6) is 5.88 Å². The molecular formula is C15H21N3OS. The molecule has 20 heavy (non-hydrogen) atoms. The van der Waals surface area contributed by atoms with Crippen molar-refractivity contribution >= 4 is 27.5 Å². The average molecular weight is 291 g/mol. The van der Waals surface area contributed by atoms with Crippen LogP contribution in [0.1, 0.15) is 39.0 Å². The van der Waals surface area contributed by atoms with Gasteiger partial charge in [-0.05, 0) is 43.0 Å². The summed E-state index contributed by atoms with van der Waals surface area (Å²) in [5.41, 5.74) is 0. The van der Waals surface area contributed by atoms with E-state index in [1.807, 2.05) is 12.4 Å². The number of nitrogens with one attached hydrogen (secondary N) is 1. The van der Waals surface area contributed by atoms with Crippen LogP contribution in [-0.4, -0.2) is 23.1 Å². The molecule has 1 saturated carbocycles. The molecule has 2 unspecified atom stereocenters. The summed E-state index contributed by atoms with van der Waals surface area (Å²) in [5, 5.41) is 6.10. The molecule has 2 heterocycles. The van der Waals surface area contributed by atoms with Crippen LogP contribution < -0.4 is 10.1 Å². The maximum atomic E-state index is 6.29. The molecule has 0 aliphatic heterocycles. The van der Waals surface area contributed by atoms with Crippen LogP contribution in [0, 0.1) is 5.92 Å². The second-order valence-electron chi connectivity index (χ2n) is 5.35. The third-order valence-corrected chi connectivity index (χ3v) is 4.95. The third kappa shape index (κ3) is 2.59. The van der Waals surface area contributed by atoms with E-state index in [9.17, 15) is 0 Å². The summed E-state index contributed by atoms with van der Waals surface area (Å²) in [6, 6.07) is 2.05. The molecule has 5 heteroatoms. The van der Waals surface area contributed by atoms with Gasteiger partial charge in [-0.2, -0.15) is 4.98 Å². The Morgan fingerprint density at radius 1 is 1.35 bits per heavy atom. The van der Waals surface area contributed by atoms with E-state index in [0.717, 1.165) is 22.5 Å². The minimum atomic E-state index is 0.302. The number of aromatic nitrogens is 2. The molecule has 1 aliphatic carbocycles. The summed E-state index contributed by atoms with van der Waals surface area (Å²) in [6.07, 6.45) is 6.49. The van der Waals surface area contributed by atoms with Gasteiger partial charge >= 0.3 is 0 Å². The topological polar surface area (TPSA) is 47.0 Å². The first-order valence-electron chi connectivity index (χ1n) is 7.41. The van der Waals surface area contributed by atoms with Gasteiger partial charge in [0.1, 0.15) is 10.9 Å². The first-order valence-corrected chi connectivity index (χ1v) is 8.29. The Labute approximate surface area is 123 Å². The fourth-order valence-corrected chi connectivity index (χ4v) is 3.72. The predicted molar refractivity (Wildman–Crippen MR) is 83.6 cm³/mol. The Kier molecular flexibility index (Phi) is 4.05. The fraction of sp³-hybridized carbons (Fsp3) is 0.600. The van der Waals surface area contributed by atoms with Crippen LogP contribution in [-0.2, 0) is 0 Å². The van der Waals surface area contributed by atoms with E-state index in [4.69, 9.17) is 4.74 Å². The molecule has 2 aromatic heterocycles. The summed E-state index contributed by atoms with van der Waals surface area (Å²) in [4.78, 5) is 9.97. The van der Waals surface area contributed by atoms with Gasteiger partial charge in [-0.3, -0.25) is 0 Å². The van der Waals surface area contributed by atoms with Gasteiger partial charge in [-0.15, -0.1) is 11.3 Å². The molecule has 4 nitrogen and oxygen atoms in total. The van der Waals surface area contributed by atoms with E-state index >= 15 is 0 Å². The monoisotopic (exact) mass is 291 g/mol. The quantitative estimate of drug-likeness (QED) is 0.922. The molecular weight excluding hydrogens is 270 g/mol. The molecule has 1 N–H and O–H groups in total. The Morgan fingerprint density at radius 3 is 3.00 bits per heavy atom. The van der Waals surface area contributed by atoms with E-state index in [0.29, 0.717) is 18.0 Å². The summed E-state index contributed by atoms with van der Waals surface area (Å²) >= 11 is 1.63. The average Bonchev–Trinajstić information content (AvgIpc) is 2.96. The molecule has 1 fully saturated rings. The second kappa shape index (κ2) is 5.95. The highest BCUT2D eigenvalue weighted by Gasteiger charge is 2.26. The van der Waals surface area contributed by atoms with E-state index in [1.165, 1.54) is 25.7 Å². The summed E-state index contributed by atoms with van der Waals surface area (Å²) < 4.78 is 6.29. The highest BCUT2D eigenvalue weighted by molar-refractivity contribution is 7.16. The number of hydrogen-bond donors (Lipinski definition) is 1. The summed E-state index contributed by atoms with van der Waals surface area (Å²) in [6.45, 7) is 2.26. The van der Waals surface area contributed by atoms with Crippen LogP contribution in [0.25, 0.3) is 10.2 Å². The molecule has 2 atom stereocenters. The number of anilines is 1. The SMILES string of the molecule is CCC1CCCCC1Oc1nc(NC)nc2sccc12. The Hall–Kier alpha value is -1.36. The molecule has 0 bridgehead atoms. The molecule has 0 radical (unpaired) electrons. The summed E-state index contributed by atoms with van der Waals surface area (Å²) in [7, 11) is 1.84. The van der Waals surface area contributed by atoms with Gasteiger partial charge in [-0.25, -0.2) is 4.98 Å². The lowest BCUT2D eigenvalue weighted by molar-refractivity contribution is 0.0876. The fourth-order valence-electron chi connectivity index (χ4n) is 2.97. The number of nitrogens with zero attached hydrogens (tertiary/aromatic N) is 2. The van der Waals surface area contributed by atoms with Crippen LogP contribution >= 0.6 is 11.3 Å². The van der Waals surface area contributed by atoms with Gasteiger partial charge in [0, 0.05) is 7.05 Å². The van der Waals surface area contributed by atoms with Crippen LogP contribution in [0.2, 0.25) is 0 Å². The maximum absolute atomic E-state index is 6.29. The van der Waals surface area contributed by atoms with Gasteiger partial charge in [-0.1, -0.05) is 13.3 Å². The lowest BCUT2D eigenvalue weighted by Crippen LogP contribution is -2.30. The van der Waals surface area contributed by atoms with Gasteiger partial charge < -0.3 is 10.1 Å². The Bertz CT molecular complexity index is 584. The van der Waals surface area contributed by atoms with Crippen LogP contribution in [0.3, 0.4) is 0 Å². The van der Waals surface area contributed by atoms with Crippen LogP contribution in [0.4, 0.5) is 5.95 Å². The highest BCUT2D eigenvalue weighted by atomic mass is 32.1. The van der Waals surface area contributed by atoms with Crippen molar-refractivity contribution in [3.63, 3.8) is 0 Å². The number of ether oxygens (including phenoxy) is 1. The molecule has 0 amide bonds. The normalized spacial score (nSPS) is 22.9. The van der Waals surface area contributed by atoms with Gasteiger partial charge in [0.25, 0.3) is 0 Å². The van der Waals surface area contributed by atoms with Crippen molar-refractivity contribution < 1.29 is 4.74 Å². The number of rotatable bonds is 4. The number of thiophene rings is 1. The van der Waals surface area contributed by atoms with Crippen molar-refractivity contribution in [3.05, 3.63) is 11.4 Å². The standard InChI is InChI=1S/C15H21N3OS/c1-3-10-6-4-5-7-12(10)19-13-11-8-9-20-14(11)18-15(16-2)17-13/h8-10,12H,3-7H2,1-2H3,(H,16,17,18). The lowest BCUT2D eigenvalue weighted by Gasteiger charge is -2.30. The van der Waals surface area contributed by atoms with Crippen molar-refractivity contribution in [1.82, 2.24) is 9.97 Å². The summed E-state index contributed by atoms with van der Waals surface area (Å²) in [5.74, 6) is 2.04. The molecule has 0 saturated heterocycles. The zero-order chi connectivity index (χ0) is 13.9. The molecule has 0 aromatic carbocycles. The minimum Gasteiger partial charge on any atom is -0.473 e. The molecule has 1 aliphatic rings. The van der Waals surface area contributed by atoms with Crippen LogP contribution in [0.15, 0.2) is 11.4 Å². The number of hydrogen-bond acceptors (Lipinski definition) is 5. The lowest BCUT2D eigenvalue weighted by atomic mass is 9.85. The molecule has 108 valence electrons. The smallest absolute Gasteiger partial charge is 0.227 e. The minimum absolute atomic E-state index is 0.302. The maximum Gasteiger partial charge on any atom is 0.227 e. The predicted octanol–water partition coefficient (Wildman–Crippen LogP) is 4.08. The van der Waals surface area contributed by atoms with E-state index < -0.39 is 0 Å². The highest BCUT2D eigenvalue weighted by Crippen LogP contribution is 2.34. The second-order valence-corrected chi connectivity index (χ2v) is 6.25. The van der Waals surface area contributed by atoms with Gasteiger partial charge in [0.2, 0.25) is 11.8 Å². The molecule has 2 aromatic rings. The van der Waals surface area contributed by atoms with Gasteiger partial charge in [0.05, 0.1) is 5.39 Å². The zero-order valence-electron chi connectivity index (χ0n) is 12.1. The van der Waals surface area contributed by atoms with Crippen molar-refractivity contribution in [2.75, 3.05) is 12.4 Å². The van der Waals surface area contributed by atoms with Crippen molar-refractivity contribution in [3.8, 4) is 5.88 Å². The van der Waals surface area contributed by atoms with Crippen molar-refractivity contribution in [1.29, 1.82) is 0 Å². The molecule has 3 rings (SSSR count). The van der Waals surface area contributed by atoms with E-state index in [1.54, 1.807) is 11.3 Å². The van der Waals surface area contributed by atoms with E-state index in [2.05, 4.69) is 28.3 Å².